The molecule has 7 heteroatoms. The minimum atomic E-state index is -1.07. The van der Waals surface area contributed by atoms with Crippen LogP contribution >= 0.6 is 0 Å². The Bertz CT molecular complexity index is 611. The highest BCUT2D eigenvalue weighted by Crippen LogP contribution is 2.48. The highest BCUT2D eigenvalue weighted by atomic mass is 19.2. The maximum absolute atomic E-state index is 13.2. The second-order valence-electron chi connectivity index (χ2n) is 5.57. The number of amides is 2. The van der Waals surface area contributed by atoms with E-state index in [4.69, 9.17) is 4.74 Å². The Kier molecular flexibility index (Phi) is 3.82. The average Bonchev–Trinajstić information content (AvgIpc) is 3.33. The molecule has 2 amide bonds. The Hall–Kier alpha value is -2.02. The largest absolute Gasteiger partial charge is 0.378 e. The Balaban J connectivity index is 1.70. The Labute approximate surface area is 126 Å². The molecule has 3 rings (SSSR count). The van der Waals surface area contributed by atoms with Crippen LogP contribution in [0.15, 0.2) is 18.2 Å². The lowest BCUT2D eigenvalue weighted by Gasteiger charge is -2.30. The van der Waals surface area contributed by atoms with Gasteiger partial charge in [0.2, 0.25) is 11.8 Å². The highest BCUT2D eigenvalue weighted by molar-refractivity contribution is 6.13. The van der Waals surface area contributed by atoms with Gasteiger partial charge in [-0.3, -0.25) is 9.59 Å². The molecule has 1 saturated heterocycles. The summed E-state index contributed by atoms with van der Waals surface area (Å²) in [5.41, 5.74) is -0.924. The smallest absolute Gasteiger partial charge is 0.240 e. The van der Waals surface area contributed by atoms with Gasteiger partial charge in [-0.1, -0.05) is 0 Å². The van der Waals surface area contributed by atoms with Gasteiger partial charge in [-0.25, -0.2) is 8.78 Å². The zero-order valence-corrected chi connectivity index (χ0v) is 11.9. The summed E-state index contributed by atoms with van der Waals surface area (Å²) in [4.78, 5) is 26.5. The first-order valence-corrected chi connectivity index (χ1v) is 7.16. The van der Waals surface area contributed by atoms with Gasteiger partial charge in [0.1, 0.15) is 5.41 Å². The van der Waals surface area contributed by atoms with Crippen molar-refractivity contribution in [2.24, 2.45) is 5.41 Å². The van der Waals surface area contributed by atoms with Gasteiger partial charge in [-0.15, -0.1) is 0 Å². The van der Waals surface area contributed by atoms with Crippen molar-refractivity contribution in [2.45, 2.75) is 12.8 Å². The number of nitrogens with zero attached hydrogens (tertiary/aromatic N) is 1. The number of rotatable bonds is 3. The van der Waals surface area contributed by atoms with Crippen LogP contribution in [0.2, 0.25) is 0 Å². The molecule has 0 atom stereocenters. The molecule has 22 heavy (non-hydrogen) atoms. The lowest BCUT2D eigenvalue weighted by atomic mass is 10.0. The maximum atomic E-state index is 13.2. The predicted octanol–water partition coefficient (Wildman–Crippen LogP) is 1.54. The molecule has 0 radical (unpaired) electrons. The predicted molar refractivity (Wildman–Crippen MR) is 74.1 cm³/mol. The number of halogens is 2. The number of benzene rings is 1. The van der Waals surface area contributed by atoms with Gasteiger partial charge in [0.05, 0.1) is 13.2 Å². The minimum absolute atomic E-state index is 0.143. The monoisotopic (exact) mass is 310 g/mol. The van der Waals surface area contributed by atoms with Crippen LogP contribution < -0.4 is 5.32 Å². The van der Waals surface area contributed by atoms with E-state index >= 15 is 0 Å². The molecule has 2 aliphatic rings. The van der Waals surface area contributed by atoms with Crippen LogP contribution in [0, 0.1) is 17.0 Å². The zero-order valence-electron chi connectivity index (χ0n) is 11.9. The molecule has 1 heterocycles. The molecular weight excluding hydrogens is 294 g/mol. The summed E-state index contributed by atoms with van der Waals surface area (Å²) >= 11 is 0. The third-order valence-corrected chi connectivity index (χ3v) is 4.07. The van der Waals surface area contributed by atoms with E-state index in [0.29, 0.717) is 39.1 Å². The van der Waals surface area contributed by atoms with E-state index in [0.717, 1.165) is 12.1 Å². The lowest BCUT2D eigenvalue weighted by Crippen LogP contribution is -2.47. The van der Waals surface area contributed by atoms with Gasteiger partial charge in [0.15, 0.2) is 11.6 Å². The van der Waals surface area contributed by atoms with Crippen LogP contribution in [0.25, 0.3) is 0 Å². The van der Waals surface area contributed by atoms with Gasteiger partial charge in [0, 0.05) is 24.8 Å². The fraction of sp³-hybridized carbons (Fsp3) is 0.467. The van der Waals surface area contributed by atoms with Crippen LogP contribution in [0.4, 0.5) is 14.5 Å². The Morgan fingerprint density at radius 2 is 1.82 bits per heavy atom. The number of nitrogens with one attached hydrogen (secondary N) is 1. The van der Waals surface area contributed by atoms with Crippen molar-refractivity contribution in [2.75, 3.05) is 31.6 Å². The molecule has 0 aromatic heterocycles. The second kappa shape index (κ2) is 5.64. The first-order chi connectivity index (χ1) is 10.5. The van der Waals surface area contributed by atoms with Crippen LogP contribution in [0.5, 0.6) is 0 Å². The van der Waals surface area contributed by atoms with Crippen LogP contribution in [0.1, 0.15) is 12.8 Å². The van der Waals surface area contributed by atoms with E-state index in [9.17, 15) is 18.4 Å². The van der Waals surface area contributed by atoms with Gasteiger partial charge >= 0.3 is 0 Å². The average molecular weight is 310 g/mol. The number of anilines is 1. The van der Waals surface area contributed by atoms with Gasteiger partial charge < -0.3 is 15.0 Å². The molecule has 1 aromatic carbocycles. The van der Waals surface area contributed by atoms with Gasteiger partial charge in [-0.05, 0) is 25.0 Å². The van der Waals surface area contributed by atoms with Crippen molar-refractivity contribution in [3.05, 3.63) is 29.8 Å². The van der Waals surface area contributed by atoms with Crippen molar-refractivity contribution >= 4 is 17.5 Å². The molecule has 1 aliphatic carbocycles. The number of ether oxygens (including phenoxy) is 1. The number of hydrogen-bond acceptors (Lipinski definition) is 3. The fourth-order valence-electron chi connectivity index (χ4n) is 2.56. The van der Waals surface area contributed by atoms with E-state index in [1.807, 2.05) is 0 Å². The first kappa shape index (κ1) is 14.9. The zero-order chi connectivity index (χ0) is 15.7. The molecular formula is C15H16F2N2O3. The van der Waals surface area contributed by atoms with E-state index in [1.54, 1.807) is 4.90 Å². The van der Waals surface area contributed by atoms with E-state index < -0.39 is 23.0 Å². The molecule has 0 unspecified atom stereocenters. The summed E-state index contributed by atoms with van der Waals surface area (Å²) in [6, 6.07) is 3.11. The molecule has 1 aliphatic heterocycles. The molecule has 0 spiro atoms. The third kappa shape index (κ3) is 2.68. The summed E-state index contributed by atoms with van der Waals surface area (Å²) in [6.07, 6.45) is 0.942. The summed E-state index contributed by atoms with van der Waals surface area (Å²) in [6.45, 7) is 1.87. The van der Waals surface area contributed by atoms with Gasteiger partial charge in [0.25, 0.3) is 0 Å². The van der Waals surface area contributed by atoms with Gasteiger partial charge in [-0.2, -0.15) is 0 Å². The van der Waals surface area contributed by atoms with E-state index in [2.05, 4.69) is 5.32 Å². The number of hydrogen-bond donors (Lipinski definition) is 1. The molecule has 1 N–H and O–H groups in total. The summed E-state index contributed by atoms with van der Waals surface area (Å²) < 4.78 is 31.3. The van der Waals surface area contributed by atoms with Crippen LogP contribution in [0.3, 0.4) is 0 Å². The van der Waals surface area contributed by atoms with E-state index in [-0.39, 0.29) is 11.6 Å². The minimum Gasteiger partial charge on any atom is -0.378 e. The Morgan fingerprint density at radius 3 is 2.41 bits per heavy atom. The lowest BCUT2D eigenvalue weighted by molar-refractivity contribution is -0.145. The van der Waals surface area contributed by atoms with E-state index in [1.165, 1.54) is 6.07 Å². The maximum Gasteiger partial charge on any atom is 0.240 e. The van der Waals surface area contributed by atoms with Crippen LogP contribution in [-0.4, -0.2) is 43.0 Å². The first-order valence-electron chi connectivity index (χ1n) is 7.16. The number of carbonyl (C=O) groups excluding carboxylic acids is 2. The summed E-state index contributed by atoms with van der Waals surface area (Å²) in [7, 11) is 0. The number of carbonyl (C=O) groups is 2. The van der Waals surface area contributed by atoms with Crippen molar-refractivity contribution < 1.29 is 23.1 Å². The highest BCUT2D eigenvalue weighted by Gasteiger charge is 2.58. The SMILES string of the molecule is O=C(Nc1ccc(F)c(F)c1)C1(C(=O)N2CCOCC2)CC1. The van der Waals surface area contributed by atoms with Crippen molar-refractivity contribution in [1.82, 2.24) is 4.90 Å². The molecule has 2 fully saturated rings. The molecule has 118 valence electrons. The standard InChI is InChI=1S/C15H16F2N2O3/c16-11-2-1-10(9-12(11)17)18-13(20)15(3-4-15)14(21)19-5-7-22-8-6-19/h1-2,9H,3-8H2,(H,18,20). The molecule has 0 bridgehead atoms. The third-order valence-electron chi connectivity index (χ3n) is 4.07. The fourth-order valence-corrected chi connectivity index (χ4v) is 2.56. The quantitative estimate of drug-likeness (QED) is 0.862. The van der Waals surface area contributed by atoms with Crippen molar-refractivity contribution in [1.29, 1.82) is 0 Å². The molecule has 1 saturated carbocycles. The summed E-state index contributed by atoms with van der Waals surface area (Å²) in [5, 5.41) is 2.51. The normalized spacial score (nSPS) is 19.6. The molecule has 5 nitrogen and oxygen atoms in total. The molecule has 1 aromatic rings. The topological polar surface area (TPSA) is 58.6 Å². The Morgan fingerprint density at radius 1 is 1.14 bits per heavy atom. The van der Waals surface area contributed by atoms with Crippen molar-refractivity contribution in [3.8, 4) is 0 Å². The van der Waals surface area contributed by atoms with Crippen molar-refractivity contribution in [3.63, 3.8) is 0 Å². The summed E-state index contributed by atoms with van der Waals surface area (Å²) in [5.74, 6) is -2.70. The van der Waals surface area contributed by atoms with Crippen LogP contribution in [-0.2, 0) is 14.3 Å². The number of morpholine rings is 1. The second-order valence-corrected chi connectivity index (χ2v) is 5.57.